The van der Waals surface area contributed by atoms with Crippen molar-refractivity contribution in [3.8, 4) is 0 Å². The van der Waals surface area contributed by atoms with Crippen molar-refractivity contribution >= 4 is 6.09 Å². The van der Waals surface area contributed by atoms with Crippen molar-refractivity contribution in [1.82, 2.24) is 4.90 Å². The van der Waals surface area contributed by atoms with Gasteiger partial charge in [-0.25, -0.2) is 9.18 Å². The highest BCUT2D eigenvalue weighted by Crippen LogP contribution is 2.32. The molecule has 0 saturated carbocycles. The first-order valence-corrected chi connectivity index (χ1v) is 4.62. The summed E-state index contributed by atoms with van der Waals surface area (Å²) in [6.45, 7) is 0.869. The monoisotopic (exact) mass is 197 g/mol. The van der Waals surface area contributed by atoms with E-state index >= 15 is 0 Å². The van der Waals surface area contributed by atoms with Gasteiger partial charge in [0.1, 0.15) is 5.83 Å². The number of hydrogen-bond donors (Lipinski definition) is 0. The summed E-state index contributed by atoms with van der Waals surface area (Å²) in [5.41, 5.74) is 1.72. The second-order valence-electron chi connectivity index (χ2n) is 3.50. The lowest BCUT2D eigenvalue weighted by Crippen LogP contribution is -2.29. The van der Waals surface area contributed by atoms with Gasteiger partial charge >= 0.3 is 6.09 Å². The van der Waals surface area contributed by atoms with Crippen molar-refractivity contribution in [2.45, 2.75) is 12.8 Å². The van der Waals surface area contributed by atoms with E-state index in [1.807, 2.05) is 0 Å². The molecule has 2 rings (SSSR count). The van der Waals surface area contributed by atoms with E-state index in [1.54, 1.807) is 6.08 Å². The summed E-state index contributed by atoms with van der Waals surface area (Å²) in [5, 5.41) is 0. The van der Waals surface area contributed by atoms with Gasteiger partial charge in [0.25, 0.3) is 0 Å². The fourth-order valence-corrected chi connectivity index (χ4v) is 1.91. The summed E-state index contributed by atoms with van der Waals surface area (Å²) in [5.74, 6) is -0.169. The Hall–Kier alpha value is -1.32. The molecule has 0 bridgehead atoms. The Kier molecular flexibility index (Phi) is 2.27. The number of ether oxygens (including phenoxy) is 1. The molecule has 0 N–H and O–H groups in total. The van der Waals surface area contributed by atoms with Crippen LogP contribution in [-0.4, -0.2) is 31.2 Å². The van der Waals surface area contributed by atoms with Gasteiger partial charge in [-0.05, 0) is 24.5 Å². The Morgan fingerprint density at radius 1 is 1.57 bits per heavy atom. The largest absolute Gasteiger partial charge is 0.453 e. The number of nitrogens with zero attached hydrogens (tertiary/aromatic N) is 1. The molecule has 0 aromatic carbocycles. The molecule has 14 heavy (non-hydrogen) atoms. The second kappa shape index (κ2) is 3.44. The maximum atomic E-state index is 13.3. The van der Waals surface area contributed by atoms with Crippen LogP contribution in [0, 0.1) is 0 Å². The molecular formula is C10H12FNO2. The molecule has 3 nitrogen and oxygen atoms in total. The Bertz CT molecular complexity index is 333. The number of halogens is 1. The van der Waals surface area contributed by atoms with E-state index in [4.69, 9.17) is 0 Å². The minimum Gasteiger partial charge on any atom is -0.453 e. The number of carbonyl (C=O) groups excluding carboxylic acids is 1. The summed E-state index contributed by atoms with van der Waals surface area (Å²) < 4.78 is 17.9. The molecule has 1 aliphatic heterocycles. The fraction of sp³-hybridized carbons (Fsp3) is 0.500. The van der Waals surface area contributed by atoms with Gasteiger partial charge in [-0.1, -0.05) is 0 Å². The van der Waals surface area contributed by atoms with E-state index in [9.17, 15) is 9.18 Å². The van der Waals surface area contributed by atoms with Gasteiger partial charge in [-0.2, -0.15) is 0 Å². The molecule has 0 radical (unpaired) electrons. The first kappa shape index (κ1) is 9.24. The molecule has 4 heteroatoms. The van der Waals surface area contributed by atoms with Crippen LogP contribution < -0.4 is 0 Å². The van der Waals surface area contributed by atoms with Gasteiger partial charge in [0.15, 0.2) is 0 Å². The normalized spacial score (nSPS) is 20.7. The SMILES string of the molecule is COC(=O)N1CC2=C(C1)C(F)=CCC2. The maximum absolute atomic E-state index is 13.3. The van der Waals surface area contributed by atoms with Crippen molar-refractivity contribution in [3.05, 3.63) is 23.0 Å². The number of carbonyl (C=O) groups is 1. The Balaban J connectivity index is 2.12. The summed E-state index contributed by atoms with van der Waals surface area (Å²) >= 11 is 0. The highest BCUT2D eigenvalue weighted by Gasteiger charge is 2.29. The van der Waals surface area contributed by atoms with Gasteiger partial charge < -0.3 is 4.74 Å². The fourth-order valence-electron chi connectivity index (χ4n) is 1.91. The first-order chi connectivity index (χ1) is 6.72. The third kappa shape index (κ3) is 1.41. The smallest absolute Gasteiger partial charge is 0.410 e. The molecule has 1 heterocycles. The number of rotatable bonds is 0. The van der Waals surface area contributed by atoms with E-state index in [0.29, 0.717) is 18.7 Å². The van der Waals surface area contributed by atoms with E-state index < -0.39 is 0 Å². The predicted octanol–water partition coefficient (Wildman–Crippen LogP) is 2.01. The van der Waals surface area contributed by atoms with Gasteiger partial charge in [-0.15, -0.1) is 0 Å². The van der Waals surface area contributed by atoms with E-state index in [1.165, 1.54) is 12.0 Å². The zero-order valence-corrected chi connectivity index (χ0v) is 8.05. The second-order valence-corrected chi connectivity index (χ2v) is 3.50. The van der Waals surface area contributed by atoms with Gasteiger partial charge in [-0.3, -0.25) is 4.90 Å². The molecule has 0 aromatic rings. The molecule has 1 amide bonds. The molecule has 76 valence electrons. The number of methoxy groups -OCH3 is 1. The third-order valence-corrected chi connectivity index (χ3v) is 2.65. The lowest BCUT2D eigenvalue weighted by Gasteiger charge is -2.13. The highest BCUT2D eigenvalue weighted by molar-refractivity contribution is 5.70. The van der Waals surface area contributed by atoms with Crippen molar-refractivity contribution in [1.29, 1.82) is 0 Å². The topological polar surface area (TPSA) is 29.5 Å². The zero-order chi connectivity index (χ0) is 10.1. The number of amides is 1. The maximum Gasteiger partial charge on any atom is 0.410 e. The Labute approximate surface area is 81.8 Å². The number of allylic oxidation sites excluding steroid dienone is 1. The average molecular weight is 197 g/mol. The van der Waals surface area contributed by atoms with Crippen LogP contribution in [0.4, 0.5) is 9.18 Å². The lowest BCUT2D eigenvalue weighted by molar-refractivity contribution is 0.134. The van der Waals surface area contributed by atoms with Gasteiger partial charge in [0, 0.05) is 12.1 Å². The average Bonchev–Trinajstić information content (AvgIpc) is 2.62. The minimum absolute atomic E-state index is 0.169. The Morgan fingerprint density at radius 2 is 2.36 bits per heavy atom. The summed E-state index contributed by atoms with van der Waals surface area (Å²) in [6.07, 6.45) is 2.79. The van der Waals surface area contributed by atoms with Gasteiger partial charge in [0.2, 0.25) is 0 Å². The van der Waals surface area contributed by atoms with Crippen LogP contribution in [0.3, 0.4) is 0 Å². The molecule has 0 fully saturated rings. The molecule has 0 aromatic heterocycles. The third-order valence-electron chi connectivity index (χ3n) is 2.65. The molecule has 0 saturated heterocycles. The summed E-state index contributed by atoms with van der Waals surface area (Å²) in [7, 11) is 1.34. The molecule has 2 aliphatic rings. The van der Waals surface area contributed by atoms with Crippen molar-refractivity contribution in [2.24, 2.45) is 0 Å². The first-order valence-electron chi connectivity index (χ1n) is 4.62. The lowest BCUT2D eigenvalue weighted by atomic mass is 10.00. The van der Waals surface area contributed by atoms with E-state index in [0.717, 1.165) is 18.4 Å². The molecule has 0 unspecified atom stereocenters. The van der Waals surface area contributed by atoms with E-state index in [2.05, 4.69) is 4.74 Å². The summed E-state index contributed by atoms with van der Waals surface area (Å²) in [6, 6.07) is 0. The standard InChI is InChI=1S/C10H12FNO2/c1-14-10(13)12-5-7-3-2-4-9(11)8(7)6-12/h4H,2-3,5-6H2,1H3. The van der Waals surface area contributed by atoms with Gasteiger partial charge in [0.05, 0.1) is 13.7 Å². The number of hydrogen-bond acceptors (Lipinski definition) is 2. The van der Waals surface area contributed by atoms with Crippen molar-refractivity contribution in [2.75, 3.05) is 20.2 Å². The molecular weight excluding hydrogens is 185 g/mol. The summed E-state index contributed by atoms with van der Waals surface area (Å²) in [4.78, 5) is 12.7. The van der Waals surface area contributed by atoms with Crippen LogP contribution in [0.15, 0.2) is 23.0 Å². The highest BCUT2D eigenvalue weighted by atomic mass is 19.1. The predicted molar refractivity (Wildman–Crippen MR) is 49.4 cm³/mol. The molecule has 1 aliphatic carbocycles. The molecule has 0 spiro atoms. The Morgan fingerprint density at radius 3 is 3.00 bits per heavy atom. The van der Waals surface area contributed by atoms with Crippen LogP contribution >= 0.6 is 0 Å². The van der Waals surface area contributed by atoms with Crippen LogP contribution in [-0.2, 0) is 4.74 Å². The van der Waals surface area contributed by atoms with E-state index in [-0.39, 0.29) is 11.9 Å². The van der Waals surface area contributed by atoms with Crippen molar-refractivity contribution < 1.29 is 13.9 Å². The van der Waals surface area contributed by atoms with Crippen LogP contribution in [0.2, 0.25) is 0 Å². The van der Waals surface area contributed by atoms with Crippen LogP contribution in [0.25, 0.3) is 0 Å². The van der Waals surface area contributed by atoms with Crippen LogP contribution in [0.1, 0.15) is 12.8 Å². The molecule has 0 atom stereocenters. The van der Waals surface area contributed by atoms with Crippen LogP contribution in [0.5, 0.6) is 0 Å². The quantitative estimate of drug-likeness (QED) is 0.594. The zero-order valence-electron chi connectivity index (χ0n) is 8.05. The minimum atomic E-state index is -0.382. The van der Waals surface area contributed by atoms with Crippen molar-refractivity contribution in [3.63, 3.8) is 0 Å².